The van der Waals surface area contributed by atoms with Gasteiger partial charge in [0.1, 0.15) is 0 Å². The maximum absolute atomic E-state index is 12.2. The number of benzene rings is 1. The highest BCUT2D eigenvalue weighted by Crippen LogP contribution is 2.22. The number of rotatable bonds is 7. The molecular weight excluding hydrogens is 398 g/mol. The molecule has 2 aromatic rings. The van der Waals surface area contributed by atoms with E-state index < -0.39 is 10.0 Å². The number of guanidine groups is 1. The molecular formula is C19H26ClN5O2S. The summed E-state index contributed by atoms with van der Waals surface area (Å²) in [5.41, 5.74) is 2.05. The Morgan fingerprint density at radius 2 is 2.00 bits per heavy atom. The second-order valence-corrected chi connectivity index (χ2v) is 9.21. The zero-order chi connectivity index (χ0) is 20.3. The van der Waals surface area contributed by atoms with Gasteiger partial charge in [-0.3, -0.25) is 4.99 Å². The summed E-state index contributed by atoms with van der Waals surface area (Å²) in [7, 11) is 2.23. The highest BCUT2D eigenvalue weighted by molar-refractivity contribution is 7.89. The van der Waals surface area contributed by atoms with Crippen LogP contribution in [0.5, 0.6) is 0 Å². The van der Waals surface area contributed by atoms with Crippen LogP contribution >= 0.6 is 11.6 Å². The average molecular weight is 424 g/mol. The number of sulfonamides is 1. The van der Waals surface area contributed by atoms with Gasteiger partial charge in [-0.15, -0.1) is 0 Å². The van der Waals surface area contributed by atoms with E-state index in [1.807, 2.05) is 48.0 Å². The average Bonchev–Trinajstić information content (AvgIpc) is 3.39. The predicted molar refractivity (Wildman–Crippen MR) is 112 cm³/mol. The van der Waals surface area contributed by atoms with E-state index in [1.165, 1.54) is 0 Å². The number of aliphatic imine (C=N–C) groups is 1. The fraction of sp³-hybridized carbons (Fsp3) is 0.421. The topological polar surface area (TPSA) is 78.7 Å². The van der Waals surface area contributed by atoms with Gasteiger partial charge in [0.25, 0.3) is 0 Å². The SMILES string of the molecule is CN=C(NCc1ccc(S(=O)(=O)NC2CC2)cc1)N(C)Cc1cc(Cl)cn1C. The number of nitrogens with one attached hydrogen (secondary N) is 2. The summed E-state index contributed by atoms with van der Waals surface area (Å²) in [4.78, 5) is 6.62. The largest absolute Gasteiger partial charge is 0.352 e. The third-order valence-electron chi connectivity index (χ3n) is 4.63. The lowest BCUT2D eigenvalue weighted by molar-refractivity contribution is 0.461. The third-order valence-corrected chi connectivity index (χ3v) is 6.37. The van der Waals surface area contributed by atoms with Gasteiger partial charge < -0.3 is 14.8 Å². The monoisotopic (exact) mass is 423 g/mol. The summed E-state index contributed by atoms with van der Waals surface area (Å²) in [6.45, 7) is 1.20. The van der Waals surface area contributed by atoms with E-state index in [1.54, 1.807) is 19.2 Å². The molecule has 7 nitrogen and oxygen atoms in total. The number of hydrogen-bond donors (Lipinski definition) is 2. The lowest BCUT2D eigenvalue weighted by atomic mass is 10.2. The lowest BCUT2D eigenvalue weighted by Crippen LogP contribution is -2.38. The van der Waals surface area contributed by atoms with Gasteiger partial charge in [-0.2, -0.15) is 0 Å². The molecule has 1 aliphatic rings. The quantitative estimate of drug-likeness (QED) is 0.529. The van der Waals surface area contributed by atoms with Gasteiger partial charge in [0.2, 0.25) is 10.0 Å². The van der Waals surface area contributed by atoms with Gasteiger partial charge in [-0.1, -0.05) is 23.7 Å². The Labute approximate surface area is 171 Å². The number of aromatic nitrogens is 1. The molecule has 0 spiro atoms. The van der Waals surface area contributed by atoms with Gasteiger partial charge >= 0.3 is 0 Å². The number of nitrogens with zero attached hydrogens (tertiary/aromatic N) is 3. The minimum absolute atomic E-state index is 0.101. The zero-order valence-electron chi connectivity index (χ0n) is 16.3. The standard InChI is InChI=1S/C19H26ClN5O2S/c1-21-19(25(3)13-17-10-15(20)12-24(17)2)22-11-14-4-8-18(9-5-14)28(26,27)23-16-6-7-16/h4-5,8-10,12,16,23H,6-7,11,13H2,1-3H3,(H,21,22). The summed E-state index contributed by atoms with van der Waals surface area (Å²) in [6, 6.07) is 8.95. The van der Waals surface area contributed by atoms with E-state index in [4.69, 9.17) is 11.6 Å². The first-order valence-corrected chi connectivity index (χ1v) is 11.0. The molecule has 0 amide bonds. The fourth-order valence-corrected chi connectivity index (χ4v) is 4.46. The Morgan fingerprint density at radius 1 is 1.32 bits per heavy atom. The van der Waals surface area contributed by atoms with Gasteiger partial charge in [0, 0.05) is 45.6 Å². The first-order chi connectivity index (χ1) is 13.3. The summed E-state index contributed by atoms with van der Waals surface area (Å²) >= 11 is 6.05. The van der Waals surface area contributed by atoms with E-state index in [9.17, 15) is 8.42 Å². The molecule has 28 heavy (non-hydrogen) atoms. The van der Waals surface area contributed by atoms with Crippen LogP contribution in [-0.2, 0) is 30.2 Å². The van der Waals surface area contributed by atoms with Crippen molar-refractivity contribution in [3.8, 4) is 0 Å². The molecule has 0 aliphatic heterocycles. The fourth-order valence-electron chi connectivity index (χ4n) is 2.88. The normalized spacial score (nSPS) is 14.9. The van der Waals surface area contributed by atoms with Crippen molar-refractivity contribution in [3.63, 3.8) is 0 Å². The van der Waals surface area contributed by atoms with Crippen molar-refractivity contribution in [2.24, 2.45) is 12.0 Å². The van der Waals surface area contributed by atoms with Crippen LogP contribution in [0.3, 0.4) is 0 Å². The van der Waals surface area contributed by atoms with E-state index >= 15 is 0 Å². The van der Waals surface area contributed by atoms with Gasteiger partial charge in [0.15, 0.2) is 5.96 Å². The Bertz CT molecular complexity index is 949. The Morgan fingerprint density at radius 3 is 2.54 bits per heavy atom. The first-order valence-electron chi connectivity index (χ1n) is 9.12. The molecule has 1 fully saturated rings. The molecule has 9 heteroatoms. The van der Waals surface area contributed by atoms with Crippen LogP contribution in [0.4, 0.5) is 0 Å². The molecule has 1 saturated carbocycles. The van der Waals surface area contributed by atoms with E-state index in [0.29, 0.717) is 23.0 Å². The van der Waals surface area contributed by atoms with Crippen molar-refractivity contribution < 1.29 is 8.42 Å². The minimum Gasteiger partial charge on any atom is -0.352 e. The van der Waals surface area contributed by atoms with Crippen molar-refractivity contribution in [3.05, 3.63) is 52.8 Å². The van der Waals surface area contributed by atoms with Crippen molar-refractivity contribution in [1.29, 1.82) is 0 Å². The van der Waals surface area contributed by atoms with Crippen LogP contribution in [0.15, 0.2) is 46.4 Å². The third kappa shape index (κ3) is 5.27. The maximum atomic E-state index is 12.2. The molecule has 0 radical (unpaired) electrons. The predicted octanol–water partition coefficient (Wildman–Crippen LogP) is 2.33. The molecule has 3 rings (SSSR count). The highest BCUT2D eigenvalue weighted by Gasteiger charge is 2.27. The first kappa shape index (κ1) is 20.7. The zero-order valence-corrected chi connectivity index (χ0v) is 17.9. The number of hydrogen-bond acceptors (Lipinski definition) is 3. The lowest BCUT2D eigenvalue weighted by Gasteiger charge is -2.22. The summed E-state index contributed by atoms with van der Waals surface area (Å²) in [5, 5.41) is 4.01. The Balaban J connectivity index is 1.58. The van der Waals surface area contributed by atoms with Gasteiger partial charge in [0.05, 0.1) is 16.5 Å². The molecule has 0 unspecified atom stereocenters. The van der Waals surface area contributed by atoms with E-state index in [0.717, 1.165) is 30.1 Å². The van der Waals surface area contributed by atoms with E-state index in [-0.39, 0.29) is 6.04 Å². The van der Waals surface area contributed by atoms with Crippen molar-refractivity contribution >= 4 is 27.6 Å². The molecule has 0 saturated heterocycles. The van der Waals surface area contributed by atoms with Crippen LogP contribution in [-0.4, -0.2) is 44.0 Å². The molecule has 1 aliphatic carbocycles. The van der Waals surface area contributed by atoms with Crippen molar-refractivity contribution in [2.45, 2.75) is 36.9 Å². The van der Waals surface area contributed by atoms with Gasteiger partial charge in [-0.25, -0.2) is 13.1 Å². The van der Waals surface area contributed by atoms with Crippen molar-refractivity contribution in [2.75, 3.05) is 14.1 Å². The second-order valence-electron chi connectivity index (χ2n) is 7.06. The van der Waals surface area contributed by atoms with Crippen LogP contribution in [0.2, 0.25) is 5.02 Å². The van der Waals surface area contributed by atoms with Crippen LogP contribution < -0.4 is 10.0 Å². The van der Waals surface area contributed by atoms with Gasteiger partial charge in [-0.05, 0) is 36.6 Å². The van der Waals surface area contributed by atoms with E-state index in [2.05, 4.69) is 15.0 Å². The molecule has 1 aromatic heterocycles. The molecule has 0 atom stereocenters. The number of aryl methyl sites for hydroxylation is 1. The summed E-state index contributed by atoms with van der Waals surface area (Å²) in [5.74, 6) is 0.740. The molecule has 0 bridgehead atoms. The summed E-state index contributed by atoms with van der Waals surface area (Å²) in [6.07, 6.45) is 3.71. The summed E-state index contributed by atoms with van der Waals surface area (Å²) < 4.78 is 29.1. The Hall–Kier alpha value is -2.03. The second kappa shape index (κ2) is 8.55. The molecule has 2 N–H and O–H groups in total. The van der Waals surface area contributed by atoms with Crippen LogP contribution in [0, 0.1) is 0 Å². The minimum atomic E-state index is -3.42. The molecule has 1 aromatic carbocycles. The molecule has 152 valence electrons. The maximum Gasteiger partial charge on any atom is 0.240 e. The van der Waals surface area contributed by atoms with Crippen LogP contribution in [0.1, 0.15) is 24.1 Å². The van der Waals surface area contributed by atoms with Crippen LogP contribution in [0.25, 0.3) is 0 Å². The molecule has 1 heterocycles. The number of halogens is 1. The highest BCUT2D eigenvalue weighted by atomic mass is 35.5. The van der Waals surface area contributed by atoms with Crippen molar-refractivity contribution in [1.82, 2.24) is 19.5 Å². The smallest absolute Gasteiger partial charge is 0.240 e. The Kier molecular flexibility index (Phi) is 6.32.